The lowest BCUT2D eigenvalue weighted by molar-refractivity contribution is -0.00364. The smallest absolute Gasteiger partial charge is 0.257 e. The maximum Gasteiger partial charge on any atom is 0.257 e. The van der Waals surface area contributed by atoms with Gasteiger partial charge in [-0.25, -0.2) is 8.78 Å². The number of rotatable bonds is 2. The molecule has 4 aliphatic heterocycles. The molecule has 5 heterocycles. The zero-order valence-corrected chi connectivity index (χ0v) is 16.1. The Hall–Kier alpha value is -2.21. The van der Waals surface area contributed by atoms with E-state index in [1.54, 1.807) is 25.1 Å². The van der Waals surface area contributed by atoms with Crippen molar-refractivity contribution >= 4 is 5.91 Å². The highest BCUT2D eigenvalue weighted by Gasteiger charge is 2.55. The SMILES string of the molecule is Cc1cc(C(=O)N2C[C@@H](c3cccc(F)c3F)[C@@H]3[C@H]2C2CCN3CC2)c(C)o1. The third-order valence-electron chi connectivity index (χ3n) is 6.91. The van der Waals surface area contributed by atoms with Crippen molar-refractivity contribution in [2.24, 2.45) is 5.92 Å². The largest absolute Gasteiger partial charge is 0.466 e. The second kappa shape index (κ2) is 6.41. The molecule has 1 aromatic heterocycles. The van der Waals surface area contributed by atoms with Gasteiger partial charge in [-0.2, -0.15) is 0 Å². The Morgan fingerprint density at radius 3 is 2.57 bits per heavy atom. The lowest BCUT2D eigenvalue weighted by Crippen LogP contribution is -2.60. The summed E-state index contributed by atoms with van der Waals surface area (Å²) in [5.41, 5.74) is 0.964. The van der Waals surface area contributed by atoms with Crippen molar-refractivity contribution in [2.45, 2.75) is 44.7 Å². The minimum absolute atomic E-state index is 0.0391. The first-order valence-electron chi connectivity index (χ1n) is 10.0. The van der Waals surface area contributed by atoms with Crippen LogP contribution in [-0.2, 0) is 0 Å². The molecular formula is C22H24F2N2O2. The molecule has 1 aromatic carbocycles. The van der Waals surface area contributed by atoms with Gasteiger partial charge in [-0.1, -0.05) is 12.1 Å². The topological polar surface area (TPSA) is 36.7 Å². The van der Waals surface area contributed by atoms with Crippen LogP contribution in [0.1, 0.15) is 46.2 Å². The third-order valence-corrected chi connectivity index (χ3v) is 6.91. The Balaban J connectivity index is 1.57. The minimum atomic E-state index is -0.823. The summed E-state index contributed by atoms with van der Waals surface area (Å²) in [6, 6.07) is 6.25. The first-order valence-corrected chi connectivity index (χ1v) is 10.0. The highest BCUT2D eigenvalue weighted by Crippen LogP contribution is 2.47. The van der Waals surface area contributed by atoms with Crippen molar-refractivity contribution in [2.75, 3.05) is 19.6 Å². The summed E-state index contributed by atoms with van der Waals surface area (Å²) in [7, 11) is 0. The maximum atomic E-state index is 14.7. The molecular weight excluding hydrogens is 362 g/mol. The van der Waals surface area contributed by atoms with E-state index in [0.717, 1.165) is 32.0 Å². The molecule has 4 fully saturated rings. The number of aryl methyl sites for hydroxylation is 2. The van der Waals surface area contributed by atoms with Crippen molar-refractivity contribution in [1.82, 2.24) is 9.80 Å². The number of fused-ring (bicyclic) bond motifs is 2. The Bertz CT molecular complexity index is 933. The fraction of sp³-hybridized carbons (Fsp3) is 0.500. The second-order valence-corrected chi connectivity index (χ2v) is 8.39. The number of halogens is 2. The number of hydrogen-bond donors (Lipinski definition) is 0. The van der Waals surface area contributed by atoms with Crippen LogP contribution in [0.25, 0.3) is 0 Å². The molecule has 4 aliphatic rings. The first kappa shape index (κ1) is 17.9. The highest BCUT2D eigenvalue weighted by atomic mass is 19.2. The van der Waals surface area contributed by atoms with Crippen molar-refractivity contribution in [3.8, 4) is 0 Å². The third kappa shape index (κ3) is 2.54. The number of nitrogens with zero attached hydrogens (tertiary/aromatic N) is 2. The van der Waals surface area contributed by atoms with Crippen LogP contribution in [0.5, 0.6) is 0 Å². The van der Waals surface area contributed by atoms with E-state index in [9.17, 15) is 13.6 Å². The summed E-state index contributed by atoms with van der Waals surface area (Å²) in [6.07, 6.45) is 2.10. The van der Waals surface area contributed by atoms with Crippen LogP contribution in [0.15, 0.2) is 28.7 Å². The van der Waals surface area contributed by atoms with Crippen molar-refractivity contribution in [3.05, 3.63) is 58.5 Å². The standard InChI is InChI=1S/C22H24F2N2O2/c1-12-10-16(13(2)28-12)22(27)26-11-17(15-4-3-5-18(23)19(15)24)21-20(26)14-6-8-25(21)9-7-14/h3-5,10,14,17,20-21H,6-9,11H2,1-2H3/t17-,20+,21+/m0/s1. The number of hydrogen-bond acceptors (Lipinski definition) is 3. The Kier molecular flexibility index (Phi) is 4.09. The predicted molar refractivity (Wildman–Crippen MR) is 100 cm³/mol. The molecule has 4 saturated heterocycles. The van der Waals surface area contributed by atoms with E-state index >= 15 is 0 Å². The van der Waals surface area contributed by atoms with E-state index in [2.05, 4.69) is 4.90 Å². The number of carbonyl (C=O) groups is 1. The summed E-state index contributed by atoms with van der Waals surface area (Å²) in [4.78, 5) is 17.7. The summed E-state index contributed by atoms with van der Waals surface area (Å²) in [6.45, 7) is 5.96. The van der Waals surface area contributed by atoms with Gasteiger partial charge in [0.05, 0.1) is 11.6 Å². The minimum Gasteiger partial charge on any atom is -0.466 e. The Morgan fingerprint density at radius 2 is 1.89 bits per heavy atom. The molecule has 0 unspecified atom stereocenters. The molecule has 6 rings (SSSR count). The van der Waals surface area contributed by atoms with Gasteiger partial charge < -0.3 is 9.32 Å². The average Bonchev–Trinajstić information content (AvgIpc) is 3.26. The molecule has 2 bridgehead atoms. The number of benzene rings is 1. The van der Waals surface area contributed by atoms with Gasteiger partial charge >= 0.3 is 0 Å². The van der Waals surface area contributed by atoms with E-state index in [0.29, 0.717) is 35.1 Å². The van der Waals surface area contributed by atoms with Gasteiger partial charge in [0, 0.05) is 18.5 Å². The number of piperidine rings is 3. The Labute approximate surface area is 163 Å². The molecule has 0 radical (unpaired) electrons. The quantitative estimate of drug-likeness (QED) is 0.786. The van der Waals surface area contributed by atoms with Crippen molar-refractivity contribution in [3.63, 3.8) is 0 Å². The molecule has 4 nitrogen and oxygen atoms in total. The van der Waals surface area contributed by atoms with Crippen LogP contribution >= 0.6 is 0 Å². The molecule has 0 saturated carbocycles. The van der Waals surface area contributed by atoms with Crippen molar-refractivity contribution < 1.29 is 18.0 Å². The zero-order chi connectivity index (χ0) is 19.6. The second-order valence-electron chi connectivity index (χ2n) is 8.39. The van der Waals surface area contributed by atoms with Crippen LogP contribution in [0.4, 0.5) is 8.78 Å². The maximum absolute atomic E-state index is 14.7. The number of carbonyl (C=O) groups excluding carboxylic acids is 1. The van der Waals surface area contributed by atoms with Crippen LogP contribution in [0, 0.1) is 31.4 Å². The fourth-order valence-corrected chi connectivity index (χ4v) is 5.73. The van der Waals surface area contributed by atoms with Crippen LogP contribution < -0.4 is 0 Å². The van der Waals surface area contributed by atoms with Crippen LogP contribution in [0.3, 0.4) is 0 Å². The van der Waals surface area contributed by atoms with E-state index < -0.39 is 11.6 Å². The Morgan fingerprint density at radius 1 is 1.14 bits per heavy atom. The van der Waals surface area contributed by atoms with Crippen molar-refractivity contribution in [1.29, 1.82) is 0 Å². The summed E-state index contributed by atoms with van der Waals surface area (Å²) >= 11 is 0. The lowest BCUT2D eigenvalue weighted by Gasteiger charge is -2.51. The molecule has 6 heteroatoms. The molecule has 0 aliphatic carbocycles. The predicted octanol–water partition coefficient (Wildman–Crippen LogP) is 3.88. The van der Waals surface area contributed by atoms with Gasteiger partial charge in [-0.3, -0.25) is 9.69 Å². The highest BCUT2D eigenvalue weighted by molar-refractivity contribution is 5.96. The van der Waals surface area contributed by atoms with E-state index in [1.165, 1.54) is 0 Å². The molecule has 2 aromatic rings. The number of furan rings is 1. The van der Waals surface area contributed by atoms with E-state index in [-0.39, 0.29) is 23.9 Å². The van der Waals surface area contributed by atoms with Crippen LogP contribution in [0.2, 0.25) is 0 Å². The van der Waals surface area contributed by atoms with E-state index in [1.807, 2.05) is 11.8 Å². The van der Waals surface area contributed by atoms with Gasteiger partial charge in [-0.15, -0.1) is 0 Å². The molecule has 0 spiro atoms. The van der Waals surface area contributed by atoms with Crippen LogP contribution in [-0.4, -0.2) is 47.4 Å². The van der Waals surface area contributed by atoms with Gasteiger partial charge in [0.1, 0.15) is 11.5 Å². The number of likely N-dealkylation sites (tertiary alicyclic amines) is 1. The van der Waals surface area contributed by atoms with Gasteiger partial charge in [0.25, 0.3) is 5.91 Å². The molecule has 0 N–H and O–H groups in total. The lowest BCUT2D eigenvalue weighted by atomic mass is 9.75. The average molecular weight is 386 g/mol. The molecule has 28 heavy (non-hydrogen) atoms. The zero-order valence-electron chi connectivity index (χ0n) is 16.1. The molecule has 148 valence electrons. The number of amides is 1. The molecule has 1 amide bonds. The molecule has 3 atom stereocenters. The first-order chi connectivity index (χ1) is 13.5. The fourth-order valence-electron chi connectivity index (χ4n) is 5.73. The summed E-state index contributed by atoms with van der Waals surface area (Å²) in [5.74, 6) is -0.152. The van der Waals surface area contributed by atoms with E-state index in [4.69, 9.17) is 4.42 Å². The summed E-state index contributed by atoms with van der Waals surface area (Å²) in [5, 5.41) is 0. The normalized spacial score (nSPS) is 31.3. The summed E-state index contributed by atoms with van der Waals surface area (Å²) < 4.78 is 34.2. The van der Waals surface area contributed by atoms with Gasteiger partial charge in [-0.05, 0) is 63.4 Å². The monoisotopic (exact) mass is 386 g/mol. The van der Waals surface area contributed by atoms with Gasteiger partial charge in [0.2, 0.25) is 0 Å². The van der Waals surface area contributed by atoms with Gasteiger partial charge in [0.15, 0.2) is 11.6 Å².